The maximum atomic E-state index is 9.83. The molecule has 1 aromatic carbocycles. The first kappa shape index (κ1) is 9.97. The Morgan fingerprint density at radius 2 is 2.14 bits per heavy atom. The van der Waals surface area contributed by atoms with Gasteiger partial charge in [0.05, 0.1) is 6.10 Å². The topological polar surface area (TPSA) is 32.3 Å². The van der Waals surface area contributed by atoms with Crippen molar-refractivity contribution in [3.63, 3.8) is 0 Å². The molecule has 0 radical (unpaired) electrons. The maximum absolute atomic E-state index is 9.83. The maximum Gasteiger partial charge on any atom is 0.0733 e. The number of hydrogen-bond donors (Lipinski definition) is 2. The van der Waals surface area contributed by atoms with E-state index in [4.69, 9.17) is 11.6 Å². The molecule has 1 aliphatic heterocycles. The number of benzene rings is 1. The molecule has 2 N–H and O–H groups in total. The molecular weight excluding hydrogens is 198 g/mol. The molecule has 14 heavy (non-hydrogen) atoms. The van der Waals surface area contributed by atoms with E-state index >= 15 is 0 Å². The van der Waals surface area contributed by atoms with Gasteiger partial charge >= 0.3 is 0 Å². The van der Waals surface area contributed by atoms with Crippen LogP contribution in [0.3, 0.4) is 0 Å². The third-order valence-electron chi connectivity index (χ3n) is 2.75. The molecule has 1 aliphatic rings. The molecule has 0 saturated carbocycles. The minimum Gasteiger partial charge on any atom is -0.391 e. The fourth-order valence-electron chi connectivity index (χ4n) is 1.98. The van der Waals surface area contributed by atoms with Gasteiger partial charge in [-0.2, -0.15) is 0 Å². The van der Waals surface area contributed by atoms with Gasteiger partial charge in [-0.1, -0.05) is 29.8 Å². The van der Waals surface area contributed by atoms with E-state index in [0.717, 1.165) is 23.6 Å². The zero-order valence-electron chi connectivity index (χ0n) is 7.91. The molecule has 2 atom stereocenters. The molecule has 1 saturated heterocycles. The SMILES string of the molecule is O[C@H]1CNCC[C@@H]1c1ccccc1Cl. The van der Waals surface area contributed by atoms with Crippen LogP contribution in [0.15, 0.2) is 24.3 Å². The summed E-state index contributed by atoms with van der Waals surface area (Å²) in [7, 11) is 0. The second-order valence-corrected chi connectivity index (χ2v) is 4.10. The van der Waals surface area contributed by atoms with Crippen LogP contribution in [0, 0.1) is 0 Å². The van der Waals surface area contributed by atoms with Crippen LogP contribution in [0.4, 0.5) is 0 Å². The fraction of sp³-hybridized carbons (Fsp3) is 0.455. The summed E-state index contributed by atoms with van der Waals surface area (Å²) in [5, 5.41) is 13.7. The van der Waals surface area contributed by atoms with Crippen LogP contribution in [0.1, 0.15) is 17.9 Å². The van der Waals surface area contributed by atoms with Gasteiger partial charge in [-0.3, -0.25) is 0 Å². The van der Waals surface area contributed by atoms with Crippen molar-refractivity contribution in [3.8, 4) is 0 Å². The molecule has 0 unspecified atom stereocenters. The lowest BCUT2D eigenvalue weighted by Gasteiger charge is -2.29. The standard InChI is InChI=1S/C11H14ClNO/c12-10-4-2-1-3-8(10)9-5-6-13-7-11(9)14/h1-4,9,11,13-14H,5-7H2/t9-,11+/m1/s1. The number of halogens is 1. The summed E-state index contributed by atoms with van der Waals surface area (Å²) in [5.41, 5.74) is 1.07. The first-order chi connectivity index (χ1) is 6.79. The smallest absolute Gasteiger partial charge is 0.0733 e. The van der Waals surface area contributed by atoms with Crippen molar-refractivity contribution in [2.24, 2.45) is 0 Å². The number of aliphatic hydroxyl groups excluding tert-OH is 1. The van der Waals surface area contributed by atoms with E-state index in [9.17, 15) is 5.11 Å². The highest BCUT2D eigenvalue weighted by Gasteiger charge is 2.25. The van der Waals surface area contributed by atoms with Gasteiger partial charge in [-0.25, -0.2) is 0 Å². The Morgan fingerprint density at radius 3 is 2.86 bits per heavy atom. The van der Waals surface area contributed by atoms with Crippen molar-refractivity contribution >= 4 is 11.6 Å². The second kappa shape index (κ2) is 4.30. The summed E-state index contributed by atoms with van der Waals surface area (Å²) in [6.45, 7) is 1.61. The first-order valence-corrected chi connectivity index (χ1v) is 5.30. The van der Waals surface area contributed by atoms with Crippen LogP contribution in [0.2, 0.25) is 5.02 Å². The molecule has 1 aromatic rings. The van der Waals surface area contributed by atoms with E-state index in [0.29, 0.717) is 6.54 Å². The highest BCUT2D eigenvalue weighted by atomic mass is 35.5. The number of aliphatic hydroxyl groups is 1. The minimum absolute atomic E-state index is 0.185. The largest absolute Gasteiger partial charge is 0.391 e. The van der Waals surface area contributed by atoms with Gasteiger partial charge in [-0.05, 0) is 24.6 Å². The minimum atomic E-state index is -0.316. The lowest BCUT2D eigenvalue weighted by Crippen LogP contribution is -2.39. The molecule has 0 spiro atoms. The van der Waals surface area contributed by atoms with Crippen molar-refractivity contribution in [2.45, 2.75) is 18.4 Å². The number of nitrogens with one attached hydrogen (secondary N) is 1. The number of piperidine rings is 1. The zero-order valence-corrected chi connectivity index (χ0v) is 8.67. The second-order valence-electron chi connectivity index (χ2n) is 3.69. The number of rotatable bonds is 1. The highest BCUT2D eigenvalue weighted by Crippen LogP contribution is 2.30. The fourth-order valence-corrected chi connectivity index (χ4v) is 2.26. The van der Waals surface area contributed by atoms with Gasteiger partial charge in [0.2, 0.25) is 0 Å². The molecule has 76 valence electrons. The van der Waals surface area contributed by atoms with Crippen LogP contribution < -0.4 is 5.32 Å². The van der Waals surface area contributed by atoms with E-state index in [1.807, 2.05) is 24.3 Å². The summed E-state index contributed by atoms with van der Waals surface area (Å²) >= 11 is 6.09. The third kappa shape index (κ3) is 1.92. The summed E-state index contributed by atoms with van der Waals surface area (Å²) < 4.78 is 0. The lowest BCUT2D eigenvalue weighted by atomic mass is 9.88. The first-order valence-electron chi connectivity index (χ1n) is 4.92. The van der Waals surface area contributed by atoms with Crippen molar-refractivity contribution < 1.29 is 5.11 Å². The van der Waals surface area contributed by atoms with Crippen LogP contribution in [0.25, 0.3) is 0 Å². The summed E-state index contributed by atoms with van der Waals surface area (Å²) in [6, 6.07) is 7.77. The Kier molecular flexibility index (Phi) is 3.06. The Hall–Kier alpha value is -0.570. The van der Waals surface area contributed by atoms with E-state index < -0.39 is 0 Å². The molecule has 3 heteroatoms. The van der Waals surface area contributed by atoms with Crippen LogP contribution in [-0.2, 0) is 0 Å². The Morgan fingerprint density at radius 1 is 1.36 bits per heavy atom. The lowest BCUT2D eigenvalue weighted by molar-refractivity contribution is 0.118. The Balaban J connectivity index is 2.25. The predicted octanol–water partition coefficient (Wildman–Crippen LogP) is 1.78. The molecule has 0 amide bonds. The monoisotopic (exact) mass is 211 g/mol. The molecule has 1 fully saturated rings. The number of hydrogen-bond acceptors (Lipinski definition) is 2. The van der Waals surface area contributed by atoms with Crippen LogP contribution in [0.5, 0.6) is 0 Å². The average Bonchev–Trinajstić information content (AvgIpc) is 2.20. The highest BCUT2D eigenvalue weighted by molar-refractivity contribution is 6.31. The van der Waals surface area contributed by atoms with Crippen molar-refractivity contribution in [3.05, 3.63) is 34.9 Å². The molecule has 1 heterocycles. The van der Waals surface area contributed by atoms with Crippen molar-refractivity contribution in [2.75, 3.05) is 13.1 Å². The molecule has 0 aromatic heterocycles. The van der Waals surface area contributed by atoms with Gasteiger partial charge in [0.15, 0.2) is 0 Å². The van der Waals surface area contributed by atoms with Crippen molar-refractivity contribution in [1.29, 1.82) is 0 Å². The molecular formula is C11H14ClNO. The molecule has 2 nitrogen and oxygen atoms in total. The summed E-state index contributed by atoms with van der Waals surface area (Å²) in [5.74, 6) is 0.185. The van der Waals surface area contributed by atoms with E-state index in [1.54, 1.807) is 0 Å². The van der Waals surface area contributed by atoms with Gasteiger partial charge in [0.1, 0.15) is 0 Å². The normalized spacial score (nSPS) is 27.6. The van der Waals surface area contributed by atoms with E-state index in [2.05, 4.69) is 5.32 Å². The number of β-amino-alcohol motifs (C(OH)–C–C–N with tert-alkyl or cyclic N) is 1. The van der Waals surface area contributed by atoms with E-state index in [-0.39, 0.29) is 12.0 Å². The summed E-state index contributed by atoms with van der Waals surface area (Å²) in [6.07, 6.45) is 0.633. The molecule has 0 aliphatic carbocycles. The van der Waals surface area contributed by atoms with Gasteiger partial charge in [-0.15, -0.1) is 0 Å². The molecule has 2 rings (SSSR count). The molecule has 0 bridgehead atoms. The third-order valence-corrected chi connectivity index (χ3v) is 3.10. The zero-order chi connectivity index (χ0) is 9.97. The Labute approximate surface area is 88.9 Å². The average molecular weight is 212 g/mol. The Bertz CT molecular complexity index is 316. The van der Waals surface area contributed by atoms with Gasteiger partial charge in [0, 0.05) is 17.5 Å². The van der Waals surface area contributed by atoms with Crippen molar-refractivity contribution in [1.82, 2.24) is 5.32 Å². The summed E-state index contributed by atoms with van der Waals surface area (Å²) in [4.78, 5) is 0. The van der Waals surface area contributed by atoms with Gasteiger partial charge in [0.25, 0.3) is 0 Å². The quantitative estimate of drug-likeness (QED) is 0.742. The van der Waals surface area contributed by atoms with Gasteiger partial charge < -0.3 is 10.4 Å². The van der Waals surface area contributed by atoms with E-state index in [1.165, 1.54) is 0 Å². The predicted molar refractivity (Wildman–Crippen MR) is 57.7 cm³/mol. The van der Waals surface area contributed by atoms with Crippen LogP contribution >= 0.6 is 11.6 Å². The van der Waals surface area contributed by atoms with Crippen LogP contribution in [-0.4, -0.2) is 24.3 Å².